The number of hydroxylamine groups is 4. The Morgan fingerprint density at radius 2 is 1.47 bits per heavy atom. The van der Waals surface area contributed by atoms with Crippen molar-refractivity contribution in [3.63, 3.8) is 0 Å². The number of rotatable bonds is 2. The number of anilines is 2. The van der Waals surface area contributed by atoms with Gasteiger partial charge in [0.1, 0.15) is 0 Å². The number of hydrogen-bond acceptors (Lipinski definition) is 7. The third kappa shape index (κ3) is 4.46. The molecule has 12 heteroatoms. The van der Waals surface area contributed by atoms with E-state index in [-0.39, 0.29) is 16.7 Å². The van der Waals surface area contributed by atoms with Crippen LogP contribution in [0.1, 0.15) is 0 Å². The highest BCUT2D eigenvalue weighted by Crippen LogP contribution is 2.04. The number of aromatic nitrogens is 3. The van der Waals surface area contributed by atoms with Gasteiger partial charge in [0.2, 0.25) is 16.7 Å². The smallest absolute Gasteiger partial charge is 0.295 e. The van der Waals surface area contributed by atoms with E-state index in [0.717, 1.165) is 14.1 Å². The Morgan fingerprint density at radius 1 is 1.11 bits per heavy atom. The molecule has 0 unspecified atom stereocenters. The summed E-state index contributed by atoms with van der Waals surface area (Å²) in [5.41, 5.74) is 0. The zero-order valence-corrected chi connectivity index (χ0v) is 10.7. The molecule has 0 spiro atoms. The number of hydrogen-bond donors (Lipinski definition) is 5. The minimum atomic E-state index is -0.874. The van der Waals surface area contributed by atoms with Gasteiger partial charge in [-0.2, -0.15) is 9.97 Å². The predicted octanol–water partition coefficient (Wildman–Crippen LogP) is 0.240. The monoisotopic (exact) mass is 289 g/mol. The summed E-state index contributed by atoms with van der Waals surface area (Å²) in [5.74, 6) is -0.274. The molecule has 1 aromatic rings. The molecule has 0 fully saturated rings. The highest BCUT2D eigenvalue weighted by atomic mass is 32.1. The Bertz CT molecular complexity index is 499. The standard InChI is InChI=1S/C7H11N7O4S/c1-13(17)6(15)11-3-8-4(10-5(19)9-3)12-7(16)14(2)18/h17-18H,1-2H3,(H3,8,9,10,11,12,15,16,19). The Hall–Kier alpha value is -2.31. The molecule has 0 bridgehead atoms. The van der Waals surface area contributed by atoms with Crippen LogP contribution in [0, 0.1) is 4.77 Å². The van der Waals surface area contributed by atoms with E-state index in [1.54, 1.807) is 0 Å². The molecule has 0 saturated heterocycles. The van der Waals surface area contributed by atoms with E-state index in [9.17, 15) is 9.59 Å². The first kappa shape index (κ1) is 14.7. The van der Waals surface area contributed by atoms with Crippen molar-refractivity contribution in [1.29, 1.82) is 0 Å². The summed E-state index contributed by atoms with van der Waals surface area (Å²) in [7, 11) is 2.21. The quantitative estimate of drug-likeness (QED) is 0.297. The molecule has 0 saturated carbocycles. The topological polar surface area (TPSA) is 147 Å². The fourth-order valence-corrected chi connectivity index (χ4v) is 1.05. The number of amides is 4. The van der Waals surface area contributed by atoms with Crippen molar-refractivity contribution in [3.8, 4) is 0 Å². The lowest BCUT2D eigenvalue weighted by Crippen LogP contribution is -2.30. The Labute approximate surface area is 111 Å². The summed E-state index contributed by atoms with van der Waals surface area (Å²) in [6, 6.07) is -1.75. The fraction of sp³-hybridized carbons (Fsp3) is 0.286. The molecule has 19 heavy (non-hydrogen) atoms. The van der Waals surface area contributed by atoms with Gasteiger partial charge in [-0.25, -0.2) is 19.7 Å². The van der Waals surface area contributed by atoms with Crippen molar-refractivity contribution < 1.29 is 20.0 Å². The molecule has 0 aliphatic rings. The van der Waals surface area contributed by atoms with E-state index in [1.807, 2.05) is 0 Å². The lowest BCUT2D eigenvalue weighted by molar-refractivity contribution is -0.0120. The molecule has 1 heterocycles. The second kappa shape index (κ2) is 6.03. The maximum atomic E-state index is 11.2. The molecule has 0 aliphatic heterocycles. The Balaban J connectivity index is 2.91. The SMILES string of the molecule is CN(O)C(=O)Nc1nc(=S)nc(NC(=O)N(C)O)[nH]1. The summed E-state index contributed by atoms with van der Waals surface area (Å²) < 4.78 is -0.162. The summed E-state index contributed by atoms with van der Waals surface area (Å²) in [5, 5.41) is 22.6. The molecular formula is C7H11N7O4S. The van der Waals surface area contributed by atoms with E-state index in [4.69, 9.17) is 22.6 Å². The first-order valence-electron chi connectivity index (χ1n) is 4.75. The molecule has 5 N–H and O–H groups in total. The van der Waals surface area contributed by atoms with Crippen LogP contribution in [0.15, 0.2) is 0 Å². The van der Waals surface area contributed by atoms with Crippen LogP contribution in [-0.4, -0.2) is 61.7 Å². The third-order valence-electron chi connectivity index (χ3n) is 1.69. The Kier molecular flexibility index (Phi) is 4.68. The van der Waals surface area contributed by atoms with Crippen LogP contribution in [0.4, 0.5) is 21.5 Å². The summed E-state index contributed by atoms with van der Waals surface area (Å²) in [6.45, 7) is 0. The second-order valence-corrected chi connectivity index (χ2v) is 3.60. The third-order valence-corrected chi connectivity index (χ3v) is 1.87. The van der Waals surface area contributed by atoms with Crippen molar-refractivity contribution in [1.82, 2.24) is 25.1 Å². The highest BCUT2D eigenvalue weighted by molar-refractivity contribution is 7.71. The van der Waals surface area contributed by atoms with Gasteiger partial charge in [0.05, 0.1) is 0 Å². The van der Waals surface area contributed by atoms with Gasteiger partial charge < -0.3 is 0 Å². The van der Waals surface area contributed by atoms with Gasteiger partial charge in [-0.15, -0.1) is 0 Å². The molecule has 0 aromatic carbocycles. The van der Waals surface area contributed by atoms with Gasteiger partial charge in [-0.1, -0.05) is 0 Å². The first-order valence-corrected chi connectivity index (χ1v) is 5.16. The molecule has 0 aliphatic carbocycles. The van der Waals surface area contributed by atoms with E-state index in [1.165, 1.54) is 0 Å². The van der Waals surface area contributed by atoms with Gasteiger partial charge in [0.15, 0.2) is 0 Å². The number of carbonyl (C=O) groups is 2. The van der Waals surface area contributed by atoms with Gasteiger partial charge in [0, 0.05) is 14.1 Å². The number of nitrogens with zero attached hydrogens (tertiary/aromatic N) is 4. The van der Waals surface area contributed by atoms with E-state index in [0.29, 0.717) is 10.1 Å². The van der Waals surface area contributed by atoms with Crippen LogP contribution >= 0.6 is 12.2 Å². The van der Waals surface area contributed by atoms with Crippen LogP contribution in [0.5, 0.6) is 0 Å². The normalized spacial score (nSPS) is 9.68. The molecule has 4 amide bonds. The van der Waals surface area contributed by atoms with Crippen LogP contribution in [-0.2, 0) is 0 Å². The highest BCUT2D eigenvalue weighted by Gasteiger charge is 2.11. The number of aromatic amines is 1. The maximum absolute atomic E-state index is 11.2. The van der Waals surface area contributed by atoms with Crippen molar-refractivity contribution in [2.45, 2.75) is 0 Å². The second-order valence-electron chi connectivity index (χ2n) is 3.24. The molecule has 1 aromatic heterocycles. The average Bonchev–Trinajstić information content (AvgIpc) is 2.27. The fourth-order valence-electron chi connectivity index (χ4n) is 0.867. The summed E-state index contributed by atoms with van der Waals surface area (Å²) >= 11 is 4.73. The molecule has 0 atom stereocenters. The predicted molar refractivity (Wildman–Crippen MR) is 64.4 cm³/mol. The van der Waals surface area contributed by atoms with Gasteiger partial charge in [0.25, 0.3) is 0 Å². The van der Waals surface area contributed by atoms with Crippen molar-refractivity contribution in [2.24, 2.45) is 0 Å². The molecule has 104 valence electrons. The average molecular weight is 289 g/mol. The molecular weight excluding hydrogens is 278 g/mol. The molecule has 1 rings (SSSR count). The summed E-state index contributed by atoms with van der Waals surface area (Å²) in [4.78, 5) is 32.1. The van der Waals surface area contributed by atoms with Crippen molar-refractivity contribution >= 4 is 36.2 Å². The van der Waals surface area contributed by atoms with E-state index < -0.39 is 12.1 Å². The van der Waals surface area contributed by atoms with Crippen LogP contribution in [0.2, 0.25) is 0 Å². The van der Waals surface area contributed by atoms with Crippen molar-refractivity contribution in [2.75, 3.05) is 24.7 Å². The maximum Gasteiger partial charge on any atom is 0.347 e. The largest absolute Gasteiger partial charge is 0.347 e. The van der Waals surface area contributed by atoms with Crippen LogP contribution < -0.4 is 10.6 Å². The number of nitrogens with one attached hydrogen (secondary N) is 3. The number of carbonyl (C=O) groups excluding carboxylic acids is 2. The number of urea groups is 2. The first-order chi connectivity index (χ1) is 8.79. The zero-order chi connectivity index (χ0) is 14.6. The number of H-pyrrole nitrogens is 1. The van der Waals surface area contributed by atoms with Crippen molar-refractivity contribution in [3.05, 3.63) is 4.77 Å². The lowest BCUT2D eigenvalue weighted by Gasteiger charge is -2.12. The van der Waals surface area contributed by atoms with Crippen LogP contribution in [0.3, 0.4) is 0 Å². The molecule has 0 radical (unpaired) electrons. The van der Waals surface area contributed by atoms with E-state index >= 15 is 0 Å². The van der Waals surface area contributed by atoms with Gasteiger partial charge >= 0.3 is 12.1 Å². The Morgan fingerprint density at radius 3 is 1.79 bits per heavy atom. The van der Waals surface area contributed by atoms with Gasteiger partial charge in [-0.3, -0.25) is 26.0 Å². The van der Waals surface area contributed by atoms with Gasteiger partial charge in [-0.05, 0) is 12.2 Å². The van der Waals surface area contributed by atoms with E-state index in [2.05, 4.69) is 25.6 Å². The molecule has 11 nitrogen and oxygen atoms in total. The van der Waals surface area contributed by atoms with Crippen LogP contribution in [0.25, 0.3) is 0 Å². The minimum absolute atomic E-state index is 0.137. The minimum Gasteiger partial charge on any atom is -0.295 e. The lowest BCUT2D eigenvalue weighted by atomic mass is 10.8. The summed E-state index contributed by atoms with van der Waals surface area (Å²) in [6.07, 6.45) is 0. The zero-order valence-electron chi connectivity index (χ0n) is 9.91.